The van der Waals surface area contributed by atoms with Gasteiger partial charge in [-0.15, -0.1) is 0 Å². The van der Waals surface area contributed by atoms with Gasteiger partial charge in [-0.2, -0.15) is 0 Å². The summed E-state index contributed by atoms with van der Waals surface area (Å²) in [6.07, 6.45) is 4.53. The van der Waals surface area contributed by atoms with E-state index in [4.69, 9.17) is 9.47 Å². The van der Waals surface area contributed by atoms with Gasteiger partial charge in [-0.1, -0.05) is 55.8 Å². The van der Waals surface area contributed by atoms with E-state index in [2.05, 4.69) is 6.92 Å². The van der Waals surface area contributed by atoms with Crippen LogP contribution in [0.5, 0.6) is 0 Å². The van der Waals surface area contributed by atoms with Crippen LogP contribution >= 0.6 is 0 Å². The fourth-order valence-corrected chi connectivity index (χ4v) is 4.38. The number of pyridine rings is 1. The van der Waals surface area contributed by atoms with E-state index in [1.54, 1.807) is 24.3 Å². The van der Waals surface area contributed by atoms with Crippen LogP contribution in [0, 0.1) is 0 Å². The number of unbranched alkanes of at least 4 members (excludes halogenated alkanes) is 1. The highest BCUT2D eigenvalue weighted by atomic mass is 16.5. The summed E-state index contributed by atoms with van der Waals surface area (Å²) in [6, 6.07) is 20.4. The minimum Gasteiger partial charge on any atom is -0.465 e. The largest absolute Gasteiger partial charge is 0.465 e. The van der Waals surface area contributed by atoms with Crippen molar-refractivity contribution in [1.29, 1.82) is 0 Å². The Balaban J connectivity index is 1.75. The van der Waals surface area contributed by atoms with Crippen molar-refractivity contribution in [1.82, 2.24) is 4.57 Å². The van der Waals surface area contributed by atoms with Gasteiger partial charge in [0.15, 0.2) is 5.43 Å². The minimum atomic E-state index is -0.445. The maximum atomic E-state index is 13.1. The molecule has 6 nitrogen and oxygen atoms in total. The summed E-state index contributed by atoms with van der Waals surface area (Å²) in [6.45, 7) is 2.61. The standard InChI is InChI=1S/C30H29NO5/c1-4-5-8-23-19-31(27-17-22(29(33)35-2)15-16-26(27)28(23)32)18-20-11-13-21(14-12-20)24-9-6-7-10-25(24)30(34)36-3/h6-7,9-17,19H,4-5,8,18H2,1-3H3. The van der Waals surface area contributed by atoms with Crippen molar-refractivity contribution in [3.05, 3.63) is 105 Å². The zero-order valence-electron chi connectivity index (χ0n) is 20.7. The van der Waals surface area contributed by atoms with Crippen LogP contribution in [-0.2, 0) is 22.4 Å². The molecule has 0 fully saturated rings. The summed E-state index contributed by atoms with van der Waals surface area (Å²) in [7, 11) is 2.71. The number of aryl methyl sites for hydroxylation is 1. The van der Waals surface area contributed by atoms with E-state index in [-0.39, 0.29) is 11.4 Å². The second-order valence-electron chi connectivity index (χ2n) is 8.67. The summed E-state index contributed by atoms with van der Waals surface area (Å²) in [4.78, 5) is 37.5. The number of ether oxygens (including phenoxy) is 2. The molecule has 4 aromatic rings. The number of carbonyl (C=O) groups excluding carboxylic acids is 2. The van der Waals surface area contributed by atoms with Crippen LogP contribution in [0.2, 0.25) is 0 Å². The molecule has 3 aromatic carbocycles. The lowest BCUT2D eigenvalue weighted by Gasteiger charge is -2.15. The Kier molecular flexibility index (Phi) is 7.64. The molecule has 0 saturated carbocycles. The van der Waals surface area contributed by atoms with Crippen LogP contribution in [0.3, 0.4) is 0 Å². The number of carbonyl (C=O) groups is 2. The quantitative estimate of drug-likeness (QED) is 0.304. The summed E-state index contributed by atoms with van der Waals surface area (Å²) < 4.78 is 11.8. The van der Waals surface area contributed by atoms with Crippen LogP contribution in [0.1, 0.15) is 51.6 Å². The molecular weight excluding hydrogens is 454 g/mol. The van der Waals surface area contributed by atoms with Crippen molar-refractivity contribution in [3.8, 4) is 11.1 Å². The van der Waals surface area contributed by atoms with Crippen molar-refractivity contribution in [2.75, 3.05) is 14.2 Å². The molecule has 184 valence electrons. The fourth-order valence-electron chi connectivity index (χ4n) is 4.38. The van der Waals surface area contributed by atoms with Crippen LogP contribution < -0.4 is 5.43 Å². The number of benzene rings is 3. The highest BCUT2D eigenvalue weighted by Crippen LogP contribution is 2.25. The number of fused-ring (bicyclic) bond motifs is 1. The van der Waals surface area contributed by atoms with Crippen molar-refractivity contribution >= 4 is 22.8 Å². The van der Waals surface area contributed by atoms with E-state index in [1.807, 2.05) is 53.2 Å². The van der Waals surface area contributed by atoms with Crippen molar-refractivity contribution in [2.45, 2.75) is 32.7 Å². The zero-order chi connectivity index (χ0) is 25.7. The lowest BCUT2D eigenvalue weighted by Crippen LogP contribution is -2.16. The Hall–Kier alpha value is -4.19. The van der Waals surface area contributed by atoms with Gasteiger partial charge in [0.05, 0.1) is 30.9 Å². The smallest absolute Gasteiger partial charge is 0.338 e. The molecule has 4 rings (SSSR count). The van der Waals surface area contributed by atoms with Crippen LogP contribution in [0.4, 0.5) is 0 Å². The summed E-state index contributed by atoms with van der Waals surface area (Å²) >= 11 is 0. The molecular formula is C30H29NO5. The second-order valence-corrected chi connectivity index (χ2v) is 8.67. The zero-order valence-corrected chi connectivity index (χ0v) is 20.7. The summed E-state index contributed by atoms with van der Waals surface area (Å²) in [5, 5.41) is 0.583. The summed E-state index contributed by atoms with van der Waals surface area (Å²) in [5.41, 5.74) is 5.08. The third kappa shape index (κ3) is 5.08. The number of nitrogens with zero attached hydrogens (tertiary/aromatic N) is 1. The number of rotatable bonds is 8. The Labute approximate surface area is 210 Å². The molecule has 1 heterocycles. The molecule has 0 amide bonds. The van der Waals surface area contributed by atoms with E-state index >= 15 is 0 Å². The Morgan fingerprint density at radius 1 is 0.889 bits per heavy atom. The number of esters is 2. The highest BCUT2D eigenvalue weighted by Gasteiger charge is 2.15. The van der Waals surface area contributed by atoms with Gasteiger partial charge in [-0.3, -0.25) is 4.79 Å². The summed E-state index contributed by atoms with van der Waals surface area (Å²) in [5.74, 6) is -0.824. The molecule has 0 N–H and O–H groups in total. The van der Waals surface area contributed by atoms with E-state index in [1.165, 1.54) is 14.2 Å². The molecule has 6 heteroatoms. The van der Waals surface area contributed by atoms with Gasteiger partial charge < -0.3 is 14.0 Å². The van der Waals surface area contributed by atoms with Gasteiger partial charge in [0.1, 0.15) is 0 Å². The Bertz CT molecular complexity index is 1470. The lowest BCUT2D eigenvalue weighted by molar-refractivity contribution is 0.0592. The lowest BCUT2D eigenvalue weighted by atomic mass is 9.98. The average Bonchev–Trinajstić information content (AvgIpc) is 2.93. The predicted molar refractivity (Wildman–Crippen MR) is 140 cm³/mol. The second kappa shape index (κ2) is 11.0. The normalized spacial score (nSPS) is 10.9. The van der Waals surface area contributed by atoms with Gasteiger partial charge in [0.2, 0.25) is 0 Å². The molecule has 36 heavy (non-hydrogen) atoms. The first-order valence-corrected chi connectivity index (χ1v) is 12.0. The molecule has 0 bridgehead atoms. The van der Waals surface area contributed by atoms with E-state index in [0.29, 0.717) is 35.0 Å². The van der Waals surface area contributed by atoms with Crippen LogP contribution in [-0.4, -0.2) is 30.7 Å². The Morgan fingerprint density at radius 3 is 2.31 bits per heavy atom. The van der Waals surface area contributed by atoms with Gasteiger partial charge in [0, 0.05) is 23.7 Å². The first-order chi connectivity index (χ1) is 17.5. The third-order valence-electron chi connectivity index (χ3n) is 6.33. The molecule has 0 spiro atoms. The molecule has 0 aliphatic heterocycles. The van der Waals surface area contributed by atoms with Crippen molar-refractivity contribution in [3.63, 3.8) is 0 Å². The molecule has 0 atom stereocenters. The van der Waals surface area contributed by atoms with Crippen LogP contribution in [0.15, 0.2) is 77.7 Å². The van der Waals surface area contributed by atoms with E-state index in [0.717, 1.165) is 35.1 Å². The number of hydrogen-bond donors (Lipinski definition) is 0. The highest BCUT2D eigenvalue weighted by molar-refractivity contribution is 5.97. The van der Waals surface area contributed by atoms with Gasteiger partial charge in [-0.05, 0) is 53.8 Å². The van der Waals surface area contributed by atoms with Crippen molar-refractivity contribution in [2.24, 2.45) is 0 Å². The maximum absolute atomic E-state index is 13.1. The first-order valence-electron chi connectivity index (χ1n) is 12.0. The number of methoxy groups -OCH3 is 2. The molecule has 0 saturated heterocycles. The molecule has 1 aromatic heterocycles. The van der Waals surface area contributed by atoms with Crippen molar-refractivity contribution < 1.29 is 19.1 Å². The fraction of sp³-hybridized carbons (Fsp3) is 0.233. The number of aromatic nitrogens is 1. The average molecular weight is 484 g/mol. The molecule has 0 aliphatic rings. The SMILES string of the molecule is CCCCc1cn(Cc2ccc(-c3ccccc3C(=O)OC)cc2)c2cc(C(=O)OC)ccc2c1=O. The van der Waals surface area contributed by atoms with Gasteiger partial charge >= 0.3 is 11.9 Å². The molecule has 0 aliphatic carbocycles. The first kappa shape index (κ1) is 24.9. The van der Waals surface area contributed by atoms with E-state index in [9.17, 15) is 14.4 Å². The van der Waals surface area contributed by atoms with Gasteiger partial charge in [-0.25, -0.2) is 9.59 Å². The maximum Gasteiger partial charge on any atom is 0.338 e. The predicted octanol–water partition coefficient (Wildman–Crippen LogP) is 5.63. The topological polar surface area (TPSA) is 74.6 Å². The molecule has 0 unspecified atom stereocenters. The third-order valence-corrected chi connectivity index (χ3v) is 6.33. The number of hydrogen-bond acceptors (Lipinski definition) is 5. The molecule has 0 radical (unpaired) electrons. The van der Waals surface area contributed by atoms with Crippen LogP contribution in [0.25, 0.3) is 22.0 Å². The Morgan fingerprint density at radius 2 is 1.61 bits per heavy atom. The van der Waals surface area contributed by atoms with E-state index < -0.39 is 5.97 Å². The minimum absolute atomic E-state index is 0.000816. The van der Waals surface area contributed by atoms with Gasteiger partial charge in [0.25, 0.3) is 0 Å². The monoisotopic (exact) mass is 483 g/mol.